The fourth-order valence-electron chi connectivity index (χ4n) is 2.97. The van der Waals surface area contributed by atoms with Crippen molar-refractivity contribution in [3.05, 3.63) is 24.2 Å². The summed E-state index contributed by atoms with van der Waals surface area (Å²) in [6.45, 7) is 1.42. The monoisotopic (exact) mass is 344 g/mol. The largest absolute Gasteiger partial charge is 0.433 e. The van der Waals surface area contributed by atoms with Crippen molar-refractivity contribution in [3.8, 4) is 0 Å². The van der Waals surface area contributed by atoms with E-state index >= 15 is 0 Å². The minimum Gasteiger partial charge on any atom is -0.392 e. The molecule has 1 aliphatic rings. The molecule has 2 aromatic heterocycles. The molecule has 0 saturated carbocycles. The van der Waals surface area contributed by atoms with Gasteiger partial charge in [0.25, 0.3) is 0 Å². The number of nitrogens with one attached hydrogen (secondary N) is 1. The van der Waals surface area contributed by atoms with Gasteiger partial charge in [-0.25, -0.2) is 9.97 Å². The van der Waals surface area contributed by atoms with Crippen LogP contribution in [0.4, 0.5) is 13.2 Å². The number of aryl methyl sites for hydroxylation is 1. The van der Waals surface area contributed by atoms with Crippen LogP contribution in [0.1, 0.15) is 38.8 Å². The van der Waals surface area contributed by atoms with Gasteiger partial charge in [-0.05, 0) is 44.4 Å². The van der Waals surface area contributed by atoms with E-state index in [1.54, 1.807) is 4.57 Å². The van der Waals surface area contributed by atoms with Crippen molar-refractivity contribution >= 4 is 11.2 Å². The van der Waals surface area contributed by atoms with Crippen LogP contribution in [0.15, 0.2) is 18.5 Å². The lowest BCUT2D eigenvalue weighted by molar-refractivity contribution is -0.141. The smallest absolute Gasteiger partial charge is 0.392 e. The number of piperidine rings is 1. The SMILES string of the molecule is C.O[C@H]1CCCN[C@@H]1CCCn1cnc2ccc(C(F)(F)F)nc21. The van der Waals surface area contributed by atoms with E-state index < -0.39 is 11.9 Å². The Morgan fingerprint density at radius 1 is 1.33 bits per heavy atom. The molecule has 2 atom stereocenters. The standard InChI is InChI=1S/C15H19F3N4O.CH4/c16-15(17,18)13-6-5-11-14(21-13)22(9-20-11)8-2-3-10-12(23)4-1-7-19-10;/h5-6,9-10,12,19,23H,1-4,7-8H2;1H4/t10-,12+;/m1./s1. The second kappa shape index (κ2) is 7.48. The summed E-state index contributed by atoms with van der Waals surface area (Å²) >= 11 is 0. The predicted molar refractivity (Wildman–Crippen MR) is 85.5 cm³/mol. The second-order valence-corrected chi connectivity index (χ2v) is 5.89. The van der Waals surface area contributed by atoms with Crippen molar-refractivity contribution in [2.45, 2.75) is 58.0 Å². The van der Waals surface area contributed by atoms with Crippen LogP contribution in [0.25, 0.3) is 11.2 Å². The van der Waals surface area contributed by atoms with Gasteiger partial charge in [0.15, 0.2) is 5.65 Å². The minimum atomic E-state index is -4.46. The van der Waals surface area contributed by atoms with E-state index in [-0.39, 0.29) is 25.2 Å². The Morgan fingerprint density at radius 3 is 2.83 bits per heavy atom. The maximum Gasteiger partial charge on any atom is 0.433 e. The number of pyridine rings is 1. The van der Waals surface area contributed by atoms with Crippen LogP contribution in [0.2, 0.25) is 0 Å². The Kier molecular flexibility index (Phi) is 5.82. The summed E-state index contributed by atoms with van der Waals surface area (Å²) in [7, 11) is 0. The molecule has 0 spiro atoms. The zero-order valence-corrected chi connectivity index (χ0v) is 12.6. The number of nitrogens with zero attached hydrogens (tertiary/aromatic N) is 3. The van der Waals surface area contributed by atoms with Crippen molar-refractivity contribution in [2.75, 3.05) is 6.54 Å². The van der Waals surface area contributed by atoms with Gasteiger partial charge in [0.1, 0.15) is 11.2 Å². The van der Waals surface area contributed by atoms with E-state index in [9.17, 15) is 18.3 Å². The normalized spacial score (nSPS) is 21.7. The number of halogens is 3. The van der Waals surface area contributed by atoms with Crippen molar-refractivity contribution in [1.82, 2.24) is 19.9 Å². The molecule has 1 fully saturated rings. The van der Waals surface area contributed by atoms with E-state index in [1.807, 2.05) is 0 Å². The molecule has 3 heterocycles. The highest BCUT2D eigenvalue weighted by molar-refractivity contribution is 5.70. The Balaban J connectivity index is 0.00000208. The number of aliphatic hydroxyl groups is 1. The molecule has 24 heavy (non-hydrogen) atoms. The third kappa shape index (κ3) is 4.05. The van der Waals surface area contributed by atoms with Crippen LogP contribution in [0.3, 0.4) is 0 Å². The predicted octanol–water partition coefficient (Wildman–Crippen LogP) is 2.98. The minimum absolute atomic E-state index is 0. The first-order valence-electron chi connectivity index (χ1n) is 7.75. The molecular weight excluding hydrogens is 321 g/mol. The number of alkyl halides is 3. The zero-order chi connectivity index (χ0) is 16.4. The number of aromatic nitrogens is 3. The molecule has 0 aliphatic carbocycles. The summed E-state index contributed by atoms with van der Waals surface area (Å²) in [4.78, 5) is 7.79. The van der Waals surface area contributed by atoms with E-state index in [1.165, 1.54) is 12.4 Å². The molecule has 8 heteroatoms. The lowest BCUT2D eigenvalue weighted by Crippen LogP contribution is -2.44. The lowest BCUT2D eigenvalue weighted by Gasteiger charge is -2.28. The van der Waals surface area contributed by atoms with E-state index in [0.29, 0.717) is 12.1 Å². The Labute approximate surface area is 138 Å². The van der Waals surface area contributed by atoms with Crippen molar-refractivity contribution in [2.24, 2.45) is 0 Å². The topological polar surface area (TPSA) is 63.0 Å². The van der Waals surface area contributed by atoms with Gasteiger partial charge in [-0.1, -0.05) is 7.43 Å². The van der Waals surface area contributed by atoms with Crippen LogP contribution >= 0.6 is 0 Å². The number of imidazole rings is 1. The highest BCUT2D eigenvalue weighted by Crippen LogP contribution is 2.28. The first-order chi connectivity index (χ1) is 10.9. The summed E-state index contributed by atoms with van der Waals surface area (Å²) in [6.07, 6.45) is -0.0334. The molecule has 0 aromatic carbocycles. The van der Waals surface area contributed by atoms with Gasteiger partial charge < -0.3 is 15.0 Å². The van der Waals surface area contributed by atoms with Crippen LogP contribution in [0.5, 0.6) is 0 Å². The molecule has 3 rings (SSSR count). The molecule has 5 nitrogen and oxygen atoms in total. The van der Waals surface area contributed by atoms with Crippen molar-refractivity contribution < 1.29 is 18.3 Å². The fourth-order valence-corrected chi connectivity index (χ4v) is 2.97. The van der Waals surface area contributed by atoms with Gasteiger partial charge in [-0.3, -0.25) is 0 Å². The van der Waals surface area contributed by atoms with Gasteiger partial charge in [0.2, 0.25) is 0 Å². The average Bonchev–Trinajstić information content (AvgIpc) is 2.91. The summed E-state index contributed by atoms with van der Waals surface area (Å²) in [5, 5.41) is 13.2. The first kappa shape index (κ1) is 18.7. The maximum absolute atomic E-state index is 12.8. The molecule has 1 aliphatic heterocycles. The number of hydrogen-bond donors (Lipinski definition) is 2. The van der Waals surface area contributed by atoms with Gasteiger partial charge in [0, 0.05) is 12.6 Å². The van der Waals surface area contributed by atoms with E-state index in [4.69, 9.17) is 0 Å². The van der Waals surface area contributed by atoms with Crippen LogP contribution in [0, 0.1) is 0 Å². The lowest BCUT2D eigenvalue weighted by atomic mass is 9.97. The van der Waals surface area contributed by atoms with Crippen LogP contribution < -0.4 is 5.32 Å². The summed E-state index contributed by atoms with van der Waals surface area (Å²) in [5.41, 5.74) is -0.207. The van der Waals surface area contributed by atoms with Crippen LogP contribution in [-0.2, 0) is 12.7 Å². The van der Waals surface area contributed by atoms with E-state index in [2.05, 4.69) is 15.3 Å². The summed E-state index contributed by atoms with van der Waals surface area (Å²) in [5.74, 6) is 0. The highest BCUT2D eigenvalue weighted by atomic mass is 19.4. The average molecular weight is 344 g/mol. The van der Waals surface area contributed by atoms with E-state index in [0.717, 1.165) is 38.3 Å². The summed E-state index contributed by atoms with van der Waals surface area (Å²) in [6, 6.07) is 2.34. The molecular formula is C16H23F3N4O. The van der Waals surface area contributed by atoms with Gasteiger partial charge in [-0.2, -0.15) is 13.2 Å². The van der Waals surface area contributed by atoms with Crippen LogP contribution in [-0.4, -0.2) is 38.3 Å². The molecule has 2 N–H and O–H groups in total. The third-order valence-corrected chi connectivity index (χ3v) is 4.22. The van der Waals surface area contributed by atoms with Crippen molar-refractivity contribution in [3.63, 3.8) is 0 Å². The Bertz CT molecular complexity index is 671. The quantitative estimate of drug-likeness (QED) is 0.895. The molecule has 134 valence electrons. The van der Waals surface area contributed by atoms with Gasteiger partial charge in [-0.15, -0.1) is 0 Å². The number of fused-ring (bicyclic) bond motifs is 1. The van der Waals surface area contributed by atoms with Gasteiger partial charge in [0.05, 0.1) is 12.4 Å². The fraction of sp³-hybridized carbons (Fsp3) is 0.625. The first-order valence-corrected chi connectivity index (χ1v) is 7.75. The number of rotatable bonds is 4. The molecule has 0 radical (unpaired) electrons. The maximum atomic E-state index is 12.8. The summed E-state index contributed by atoms with van der Waals surface area (Å²) < 4.78 is 39.9. The third-order valence-electron chi connectivity index (χ3n) is 4.22. The van der Waals surface area contributed by atoms with Gasteiger partial charge >= 0.3 is 6.18 Å². The zero-order valence-electron chi connectivity index (χ0n) is 12.6. The second-order valence-electron chi connectivity index (χ2n) is 5.89. The molecule has 2 aromatic rings. The number of aliphatic hydroxyl groups excluding tert-OH is 1. The number of hydrogen-bond acceptors (Lipinski definition) is 4. The highest BCUT2D eigenvalue weighted by Gasteiger charge is 2.33. The molecule has 0 amide bonds. The molecule has 0 bridgehead atoms. The Hall–Kier alpha value is -1.67. The molecule has 0 unspecified atom stereocenters. The van der Waals surface area contributed by atoms with Crippen molar-refractivity contribution in [1.29, 1.82) is 0 Å². The molecule has 1 saturated heterocycles. The Morgan fingerprint density at radius 2 is 2.12 bits per heavy atom.